The van der Waals surface area contributed by atoms with Crippen LogP contribution in [-0.2, 0) is 46.3 Å². The SMILES string of the molecule is CC(=O)OCC(COC(C)=O)OP(=O)(O)OP(=O)(O)OC[C@H]1O[C@@H](n2ccc(N)nc2=O)[C@H](O)[C@@H]1O. The number of ether oxygens (including phenoxy) is 3. The summed E-state index contributed by atoms with van der Waals surface area (Å²) in [6.07, 6.45) is -6.82. The Morgan fingerprint density at radius 3 is 2.25 bits per heavy atom. The number of anilines is 1. The number of aromatic nitrogens is 2. The molecule has 0 aliphatic carbocycles. The molecule has 204 valence electrons. The molecule has 6 atom stereocenters. The van der Waals surface area contributed by atoms with E-state index in [9.17, 15) is 43.5 Å². The Kier molecular flexibility index (Phi) is 10.3. The standard InChI is InChI=1S/C16H25N3O15P2/c1-8(20)29-5-10(6-30-9(2)21)33-36(27,28)34-35(25,26)31-7-11-13(22)14(23)15(32-11)19-4-3-12(17)18-16(19)24/h3-4,10-11,13-15,22-23H,5-7H2,1-2H3,(H,25,26)(H,27,28)(H2,17,18,24)/t11-,13-,14-,15-/m1/s1. The number of phosphoric ester groups is 2. The maximum Gasteiger partial charge on any atom is 0.481 e. The lowest BCUT2D eigenvalue weighted by Gasteiger charge is -2.22. The number of nitrogens with zero attached hydrogens (tertiary/aromatic N) is 2. The number of carbonyl (C=O) groups is 2. The van der Waals surface area contributed by atoms with E-state index in [4.69, 9.17) is 10.5 Å². The normalized spacial score (nSPS) is 25.2. The van der Waals surface area contributed by atoms with Crippen molar-refractivity contribution < 1.29 is 66.3 Å². The number of phosphoric acid groups is 2. The van der Waals surface area contributed by atoms with E-state index in [0.717, 1.165) is 24.6 Å². The Morgan fingerprint density at radius 2 is 1.72 bits per heavy atom. The van der Waals surface area contributed by atoms with Gasteiger partial charge in [0.15, 0.2) is 6.23 Å². The first-order valence-corrected chi connectivity index (χ1v) is 12.9. The number of hydrogen-bond donors (Lipinski definition) is 5. The van der Waals surface area contributed by atoms with Crippen LogP contribution >= 0.6 is 15.6 Å². The second-order valence-corrected chi connectivity index (χ2v) is 10.2. The molecule has 2 unspecified atom stereocenters. The smallest absolute Gasteiger partial charge is 0.463 e. The van der Waals surface area contributed by atoms with Crippen molar-refractivity contribution in [3.63, 3.8) is 0 Å². The molecule has 1 aromatic heterocycles. The van der Waals surface area contributed by atoms with Crippen LogP contribution < -0.4 is 11.4 Å². The molecule has 18 nitrogen and oxygen atoms in total. The van der Waals surface area contributed by atoms with Gasteiger partial charge in [0.1, 0.15) is 43.4 Å². The van der Waals surface area contributed by atoms with Crippen molar-refractivity contribution in [1.82, 2.24) is 9.55 Å². The van der Waals surface area contributed by atoms with Gasteiger partial charge in [-0.05, 0) is 6.07 Å². The van der Waals surface area contributed by atoms with Gasteiger partial charge in [-0.2, -0.15) is 9.29 Å². The van der Waals surface area contributed by atoms with E-state index in [2.05, 4.69) is 27.8 Å². The second kappa shape index (κ2) is 12.3. The Morgan fingerprint density at radius 1 is 1.14 bits per heavy atom. The summed E-state index contributed by atoms with van der Waals surface area (Å²) in [5.74, 6) is -1.71. The molecule has 6 N–H and O–H groups in total. The van der Waals surface area contributed by atoms with Crippen molar-refractivity contribution in [3.8, 4) is 0 Å². The van der Waals surface area contributed by atoms with Gasteiger partial charge >= 0.3 is 33.3 Å². The van der Waals surface area contributed by atoms with E-state index in [1.165, 1.54) is 6.07 Å². The zero-order valence-corrected chi connectivity index (χ0v) is 20.6. The summed E-state index contributed by atoms with van der Waals surface area (Å²) in [4.78, 5) is 57.0. The van der Waals surface area contributed by atoms with E-state index in [1.54, 1.807) is 0 Å². The topological polar surface area (TPSA) is 265 Å². The van der Waals surface area contributed by atoms with Crippen LogP contribution in [0.2, 0.25) is 0 Å². The molecule has 1 aliphatic rings. The minimum Gasteiger partial charge on any atom is -0.463 e. The first-order chi connectivity index (χ1) is 16.6. The van der Waals surface area contributed by atoms with Crippen molar-refractivity contribution >= 4 is 33.4 Å². The molecular weight excluding hydrogens is 536 g/mol. The summed E-state index contributed by atoms with van der Waals surface area (Å²) in [5.41, 5.74) is 4.47. The second-order valence-electron chi connectivity index (χ2n) is 7.24. The number of carbonyl (C=O) groups excluding carboxylic acids is 2. The third-order valence-electron chi connectivity index (χ3n) is 4.30. The molecule has 36 heavy (non-hydrogen) atoms. The summed E-state index contributed by atoms with van der Waals surface area (Å²) in [6.45, 7) is -0.255. The minimum absolute atomic E-state index is 0.110. The summed E-state index contributed by atoms with van der Waals surface area (Å²) in [6, 6.07) is 1.22. The number of aliphatic hydroxyl groups excluding tert-OH is 2. The van der Waals surface area contributed by atoms with Crippen LogP contribution in [0.5, 0.6) is 0 Å². The summed E-state index contributed by atoms with van der Waals surface area (Å²) >= 11 is 0. The van der Waals surface area contributed by atoms with Gasteiger partial charge < -0.3 is 39.9 Å². The van der Waals surface area contributed by atoms with Crippen LogP contribution in [0.4, 0.5) is 5.82 Å². The molecule has 2 rings (SSSR count). The van der Waals surface area contributed by atoms with E-state index in [1.807, 2.05) is 0 Å². The number of aliphatic hydroxyl groups is 2. The summed E-state index contributed by atoms with van der Waals surface area (Å²) in [7, 11) is -10.8. The molecule has 0 saturated carbocycles. The highest BCUT2D eigenvalue weighted by Crippen LogP contribution is 2.61. The molecule has 0 radical (unpaired) electrons. The Balaban J connectivity index is 2.00. The van der Waals surface area contributed by atoms with Crippen molar-refractivity contribution in [2.24, 2.45) is 0 Å². The Labute approximate surface area is 202 Å². The maximum absolute atomic E-state index is 12.2. The predicted octanol–water partition coefficient (Wildman–Crippen LogP) is -1.81. The first-order valence-electron chi connectivity index (χ1n) is 9.93. The van der Waals surface area contributed by atoms with Crippen LogP contribution in [0.1, 0.15) is 20.1 Å². The highest BCUT2D eigenvalue weighted by atomic mass is 31.3. The van der Waals surface area contributed by atoms with E-state index in [-0.39, 0.29) is 5.82 Å². The Bertz CT molecular complexity index is 1080. The van der Waals surface area contributed by atoms with E-state index in [0.29, 0.717) is 0 Å². The molecule has 2 heterocycles. The zero-order chi connectivity index (χ0) is 27.3. The fourth-order valence-corrected chi connectivity index (χ4v) is 4.99. The van der Waals surface area contributed by atoms with Crippen LogP contribution in [0.3, 0.4) is 0 Å². The fraction of sp³-hybridized carbons (Fsp3) is 0.625. The van der Waals surface area contributed by atoms with Gasteiger partial charge in [-0.3, -0.25) is 23.2 Å². The van der Waals surface area contributed by atoms with Gasteiger partial charge in [-0.15, -0.1) is 0 Å². The van der Waals surface area contributed by atoms with Gasteiger partial charge in [0.25, 0.3) is 0 Å². The molecule has 1 aliphatic heterocycles. The largest absolute Gasteiger partial charge is 0.481 e. The molecule has 1 fully saturated rings. The number of nitrogen functional groups attached to an aromatic ring is 1. The Hall–Kier alpha value is -2.24. The lowest BCUT2D eigenvalue weighted by atomic mass is 10.1. The fourth-order valence-electron chi connectivity index (χ4n) is 2.78. The monoisotopic (exact) mass is 561 g/mol. The van der Waals surface area contributed by atoms with Crippen LogP contribution in [0.25, 0.3) is 0 Å². The minimum atomic E-state index is -5.39. The third kappa shape index (κ3) is 9.01. The molecule has 20 heteroatoms. The lowest BCUT2D eigenvalue weighted by molar-refractivity contribution is -0.149. The molecule has 0 bridgehead atoms. The number of rotatable bonds is 12. The highest BCUT2D eigenvalue weighted by molar-refractivity contribution is 7.61. The summed E-state index contributed by atoms with van der Waals surface area (Å²) in [5, 5.41) is 20.3. The molecular formula is C16H25N3O15P2. The van der Waals surface area contributed by atoms with E-state index < -0.39 is 83.7 Å². The number of esters is 2. The van der Waals surface area contributed by atoms with Crippen LogP contribution in [0, 0.1) is 0 Å². The van der Waals surface area contributed by atoms with Gasteiger partial charge in [0.2, 0.25) is 0 Å². The average Bonchev–Trinajstić information content (AvgIpc) is 3.01. The van der Waals surface area contributed by atoms with Gasteiger partial charge in [0, 0.05) is 20.0 Å². The van der Waals surface area contributed by atoms with Crippen molar-refractivity contribution in [1.29, 1.82) is 0 Å². The quantitative estimate of drug-likeness (QED) is 0.139. The molecule has 0 amide bonds. The van der Waals surface area contributed by atoms with Crippen LogP contribution in [0.15, 0.2) is 17.1 Å². The zero-order valence-electron chi connectivity index (χ0n) is 18.8. The maximum atomic E-state index is 12.2. The van der Waals surface area contributed by atoms with Crippen molar-refractivity contribution in [2.45, 2.75) is 44.5 Å². The first kappa shape index (κ1) is 30.0. The molecule has 1 aromatic rings. The van der Waals surface area contributed by atoms with Crippen molar-refractivity contribution in [2.75, 3.05) is 25.6 Å². The third-order valence-corrected chi connectivity index (χ3v) is 6.99. The lowest BCUT2D eigenvalue weighted by Crippen LogP contribution is -2.36. The predicted molar refractivity (Wildman–Crippen MR) is 114 cm³/mol. The van der Waals surface area contributed by atoms with Crippen molar-refractivity contribution in [3.05, 3.63) is 22.7 Å². The molecule has 0 aromatic carbocycles. The number of nitrogens with two attached hydrogens (primary N) is 1. The van der Waals surface area contributed by atoms with Gasteiger partial charge in [-0.25, -0.2) is 13.9 Å². The van der Waals surface area contributed by atoms with Gasteiger partial charge in [-0.1, -0.05) is 0 Å². The highest BCUT2D eigenvalue weighted by Gasteiger charge is 2.46. The van der Waals surface area contributed by atoms with Gasteiger partial charge in [0.05, 0.1) is 6.61 Å². The molecule has 0 spiro atoms. The average molecular weight is 561 g/mol. The summed E-state index contributed by atoms with van der Waals surface area (Å²) < 4.78 is 53.0. The number of hydrogen-bond acceptors (Lipinski definition) is 15. The molecule has 1 saturated heterocycles. The van der Waals surface area contributed by atoms with E-state index >= 15 is 0 Å². The van der Waals surface area contributed by atoms with Crippen LogP contribution in [-0.4, -0.2) is 85.7 Å².